The topological polar surface area (TPSA) is 52.6 Å². The average molecular weight is 254 g/mol. The number of carbonyl (C=O) groups is 1. The van der Waals surface area contributed by atoms with Crippen LogP contribution >= 0.6 is 0 Å². The van der Waals surface area contributed by atoms with Crippen LogP contribution < -0.4 is 5.32 Å². The van der Waals surface area contributed by atoms with Crippen LogP contribution in [-0.2, 0) is 4.79 Å². The minimum absolute atomic E-state index is 0.0511. The third-order valence-corrected chi connectivity index (χ3v) is 4.57. The molecular weight excluding hydrogens is 228 g/mol. The second kappa shape index (κ2) is 5.57. The molecule has 2 fully saturated rings. The second-order valence-electron chi connectivity index (χ2n) is 6.15. The van der Waals surface area contributed by atoms with Crippen LogP contribution in [0.4, 0.5) is 0 Å². The van der Waals surface area contributed by atoms with Gasteiger partial charge in [-0.25, -0.2) is 0 Å². The van der Waals surface area contributed by atoms with Gasteiger partial charge in [0.25, 0.3) is 0 Å². The number of β-amino-alcohol motifs (C(OH)–C–C–N with tert-alkyl or cyclic N) is 1. The SMILES string of the molecule is CNC1CCCN(CC2(O)CCC(C)CC2)C1=O. The number of amides is 1. The molecule has 4 nitrogen and oxygen atoms in total. The Kier molecular flexibility index (Phi) is 4.28. The molecule has 1 unspecified atom stereocenters. The summed E-state index contributed by atoms with van der Waals surface area (Å²) in [4.78, 5) is 14.1. The average Bonchev–Trinajstić information content (AvgIpc) is 2.36. The molecule has 2 rings (SSSR count). The first kappa shape index (κ1) is 13.8. The molecule has 104 valence electrons. The molecule has 1 atom stereocenters. The van der Waals surface area contributed by atoms with Crippen molar-refractivity contribution in [1.29, 1.82) is 0 Å². The summed E-state index contributed by atoms with van der Waals surface area (Å²) in [6.07, 6.45) is 5.78. The molecule has 1 saturated carbocycles. The van der Waals surface area contributed by atoms with E-state index in [1.54, 1.807) is 0 Å². The molecule has 0 aromatic carbocycles. The summed E-state index contributed by atoms with van der Waals surface area (Å²) in [5.74, 6) is 0.878. The van der Waals surface area contributed by atoms with Crippen molar-refractivity contribution in [1.82, 2.24) is 10.2 Å². The Bertz CT molecular complexity index is 298. The predicted octanol–water partition coefficient (Wildman–Crippen LogP) is 1.14. The van der Waals surface area contributed by atoms with Crippen molar-refractivity contribution in [2.24, 2.45) is 5.92 Å². The van der Waals surface area contributed by atoms with Crippen molar-refractivity contribution in [2.75, 3.05) is 20.1 Å². The van der Waals surface area contributed by atoms with E-state index in [-0.39, 0.29) is 11.9 Å². The molecule has 2 aliphatic rings. The molecule has 2 N–H and O–H groups in total. The third kappa shape index (κ3) is 3.04. The summed E-state index contributed by atoms with van der Waals surface area (Å²) in [5.41, 5.74) is -0.641. The van der Waals surface area contributed by atoms with Crippen molar-refractivity contribution >= 4 is 5.91 Å². The Hall–Kier alpha value is -0.610. The van der Waals surface area contributed by atoms with Gasteiger partial charge >= 0.3 is 0 Å². The number of aliphatic hydroxyl groups is 1. The molecular formula is C14H26N2O2. The minimum Gasteiger partial charge on any atom is -0.388 e. The summed E-state index contributed by atoms with van der Waals surface area (Å²) in [6, 6.07) is -0.0511. The van der Waals surface area contributed by atoms with Gasteiger partial charge in [0.15, 0.2) is 0 Å². The lowest BCUT2D eigenvalue weighted by Crippen LogP contribution is -2.55. The first-order chi connectivity index (χ1) is 8.54. The lowest BCUT2D eigenvalue weighted by molar-refractivity contribution is -0.141. The number of carbonyl (C=O) groups excluding carboxylic acids is 1. The summed E-state index contributed by atoms with van der Waals surface area (Å²) in [5, 5.41) is 13.7. The molecule has 0 bridgehead atoms. The van der Waals surface area contributed by atoms with E-state index < -0.39 is 5.60 Å². The van der Waals surface area contributed by atoms with Gasteiger partial charge in [-0.15, -0.1) is 0 Å². The largest absolute Gasteiger partial charge is 0.388 e. The van der Waals surface area contributed by atoms with Gasteiger partial charge in [0.1, 0.15) is 0 Å². The summed E-state index contributed by atoms with van der Waals surface area (Å²) in [7, 11) is 1.84. The Morgan fingerprint density at radius 3 is 2.67 bits per heavy atom. The van der Waals surface area contributed by atoms with Crippen LogP contribution in [0.2, 0.25) is 0 Å². The number of nitrogens with one attached hydrogen (secondary N) is 1. The van der Waals surface area contributed by atoms with Crippen molar-refractivity contribution in [3.8, 4) is 0 Å². The van der Waals surface area contributed by atoms with Gasteiger partial charge in [-0.1, -0.05) is 6.92 Å². The fraction of sp³-hybridized carbons (Fsp3) is 0.929. The number of hydrogen-bond donors (Lipinski definition) is 2. The third-order valence-electron chi connectivity index (χ3n) is 4.57. The standard InChI is InChI=1S/C14H26N2O2/c1-11-5-7-14(18,8-6-11)10-16-9-3-4-12(15-2)13(16)17/h11-12,15,18H,3-10H2,1-2H3. The van der Waals surface area contributed by atoms with E-state index in [1.807, 2.05) is 11.9 Å². The van der Waals surface area contributed by atoms with Crippen LogP contribution in [0.15, 0.2) is 0 Å². The first-order valence-corrected chi connectivity index (χ1v) is 7.22. The number of nitrogens with zero attached hydrogens (tertiary/aromatic N) is 1. The number of rotatable bonds is 3. The van der Waals surface area contributed by atoms with Gasteiger partial charge < -0.3 is 15.3 Å². The monoisotopic (exact) mass is 254 g/mol. The highest BCUT2D eigenvalue weighted by Gasteiger charge is 2.37. The van der Waals surface area contributed by atoms with Crippen molar-refractivity contribution < 1.29 is 9.90 Å². The van der Waals surface area contributed by atoms with Crippen molar-refractivity contribution in [2.45, 2.75) is 57.1 Å². The highest BCUT2D eigenvalue weighted by Crippen LogP contribution is 2.33. The Morgan fingerprint density at radius 1 is 1.39 bits per heavy atom. The molecule has 1 aliphatic carbocycles. The van der Waals surface area contributed by atoms with Crippen LogP contribution in [0.25, 0.3) is 0 Å². The van der Waals surface area contributed by atoms with Crippen molar-refractivity contribution in [3.63, 3.8) is 0 Å². The van der Waals surface area contributed by atoms with Crippen LogP contribution in [0.3, 0.4) is 0 Å². The van der Waals surface area contributed by atoms with E-state index in [2.05, 4.69) is 12.2 Å². The van der Waals surface area contributed by atoms with Crippen LogP contribution in [0, 0.1) is 5.92 Å². The van der Waals surface area contributed by atoms with E-state index >= 15 is 0 Å². The quantitative estimate of drug-likeness (QED) is 0.794. The summed E-state index contributed by atoms with van der Waals surface area (Å²) in [6.45, 7) is 3.56. The van der Waals surface area contributed by atoms with E-state index in [0.29, 0.717) is 12.5 Å². The molecule has 1 aliphatic heterocycles. The highest BCUT2D eigenvalue weighted by atomic mass is 16.3. The lowest BCUT2D eigenvalue weighted by Gasteiger charge is -2.41. The molecule has 1 saturated heterocycles. The van der Waals surface area contributed by atoms with E-state index in [9.17, 15) is 9.90 Å². The molecule has 0 spiro atoms. The Labute approximate surface area is 110 Å². The molecule has 0 aromatic heterocycles. The molecule has 0 aromatic rings. The maximum absolute atomic E-state index is 12.2. The number of likely N-dealkylation sites (tertiary alicyclic amines) is 1. The second-order valence-corrected chi connectivity index (χ2v) is 6.15. The van der Waals surface area contributed by atoms with Crippen molar-refractivity contribution in [3.05, 3.63) is 0 Å². The molecule has 18 heavy (non-hydrogen) atoms. The minimum atomic E-state index is -0.641. The van der Waals surface area contributed by atoms with Gasteiger partial charge in [-0.3, -0.25) is 4.79 Å². The summed E-state index contributed by atoms with van der Waals surface area (Å²) >= 11 is 0. The predicted molar refractivity (Wildman–Crippen MR) is 71.2 cm³/mol. The number of likely N-dealkylation sites (N-methyl/N-ethyl adjacent to an activating group) is 1. The zero-order valence-electron chi connectivity index (χ0n) is 11.6. The zero-order valence-corrected chi connectivity index (χ0v) is 11.6. The van der Waals surface area contributed by atoms with Gasteiger partial charge in [0.05, 0.1) is 11.6 Å². The Balaban J connectivity index is 1.93. The van der Waals surface area contributed by atoms with Crippen LogP contribution in [-0.4, -0.2) is 47.7 Å². The summed E-state index contributed by atoms with van der Waals surface area (Å²) < 4.78 is 0. The maximum Gasteiger partial charge on any atom is 0.239 e. The van der Waals surface area contributed by atoms with E-state index in [4.69, 9.17) is 0 Å². The van der Waals surface area contributed by atoms with E-state index in [1.165, 1.54) is 0 Å². The maximum atomic E-state index is 12.2. The lowest BCUT2D eigenvalue weighted by atomic mass is 9.79. The van der Waals surface area contributed by atoms with Crippen LogP contribution in [0.5, 0.6) is 0 Å². The first-order valence-electron chi connectivity index (χ1n) is 7.22. The fourth-order valence-electron chi connectivity index (χ4n) is 3.18. The van der Waals surface area contributed by atoms with Gasteiger partial charge in [0.2, 0.25) is 5.91 Å². The smallest absolute Gasteiger partial charge is 0.239 e. The highest BCUT2D eigenvalue weighted by molar-refractivity contribution is 5.82. The molecule has 1 amide bonds. The van der Waals surface area contributed by atoms with Crippen LogP contribution in [0.1, 0.15) is 45.4 Å². The zero-order chi connectivity index (χ0) is 13.2. The normalized spacial score (nSPS) is 37.9. The van der Waals surface area contributed by atoms with Gasteiger partial charge in [-0.05, 0) is 51.5 Å². The van der Waals surface area contributed by atoms with Gasteiger partial charge in [0, 0.05) is 13.1 Å². The van der Waals surface area contributed by atoms with Gasteiger partial charge in [-0.2, -0.15) is 0 Å². The molecule has 0 radical (unpaired) electrons. The fourth-order valence-corrected chi connectivity index (χ4v) is 3.18. The van der Waals surface area contributed by atoms with E-state index in [0.717, 1.165) is 45.1 Å². The molecule has 4 heteroatoms. The number of piperidine rings is 1. The number of hydrogen-bond acceptors (Lipinski definition) is 3. The molecule has 1 heterocycles. The Morgan fingerprint density at radius 2 is 2.06 bits per heavy atom.